The molecule has 0 aromatic rings. The first kappa shape index (κ1) is 18.1. The van der Waals surface area contributed by atoms with Gasteiger partial charge in [-0.15, -0.1) is 11.6 Å². The van der Waals surface area contributed by atoms with E-state index in [4.69, 9.17) is 11.6 Å². The number of unbranched alkanes of at least 4 members (excludes halogenated alkanes) is 9. The van der Waals surface area contributed by atoms with Crippen molar-refractivity contribution < 1.29 is 0 Å². The molecule has 0 amide bonds. The molecule has 0 N–H and O–H groups in total. The quantitative estimate of drug-likeness (QED) is 0.212. The van der Waals surface area contributed by atoms with Crippen LogP contribution in [0.15, 0.2) is 11.6 Å². The topological polar surface area (TPSA) is 0 Å². The average Bonchev–Trinajstić information content (AvgIpc) is 2.65. The van der Waals surface area contributed by atoms with Crippen molar-refractivity contribution in [1.82, 2.24) is 0 Å². The maximum Gasteiger partial charge on any atom is 0.0518 e. The molecule has 0 bridgehead atoms. The van der Waals surface area contributed by atoms with Crippen LogP contribution in [0.25, 0.3) is 0 Å². The van der Waals surface area contributed by atoms with Gasteiger partial charge in [0.25, 0.3) is 0 Å². The summed E-state index contributed by atoms with van der Waals surface area (Å²) >= 11 is 6.27. The first-order chi connectivity index (χ1) is 9.83. The Morgan fingerprint density at radius 1 is 0.900 bits per heavy atom. The van der Waals surface area contributed by atoms with Crippen LogP contribution in [-0.2, 0) is 0 Å². The highest BCUT2D eigenvalue weighted by Gasteiger charge is 2.08. The Labute approximate surface area is 132 Å². The van der Waals surface area contributed by atoms with E-state index in [2.05, 4.69) is 13.0 Å². The Hall–Kier alpha value is 0.0300. The van der Waals surface area contributed by atoms with E-state index in [9.17, 15) is 0 Å². The summed E-state index contributed by atoms with van der Waals surface area (Å²) < 4.78 is 0. The minimum absolute atomic E-state index is 0.315. The molecule has 0 fully saturated rings. The van der Waals surface area contributed by atoms with Crippen LogP contribution in [-0.4, -0.2) is 5.38 Å². The van der Waals surface area contributed by atoms with Crippen molar-refractivity contribution in [2.24, 2.45) is 0 Å². The molecule has 0 radical (unpaired) electrons. The molecule has 0 nitrogen and oxygen atoms in total. The van der Waals surface area contributed by atoms with Crippen molar-refractivity contribution in [2.45, 2.75) is 109 Å². The molecule has 20 heavy (non-hydrogen) atoms. The van der Waals surface area contributed by atoms with E-state index < -0.39 is 0 Å². The fourth-order valence-corrected chi connectivity index (χ4v) is 3.49. The molecular formula is C19H35Cl. The second-order valence-electron chi connectivity index (χ2n) is 6.52. The van der Waals surface area contributed by atoms with Crippen molar-refractivity contribution in [3.05, 3.63) is 11.6 Å². The molecule has 0 aromatic heterocycles. The van der Waals surface area contributed by atoms with Gasteiger partial charge in [0.2, 0.25) is 0 Å². The Balaban J connectivity index is 1.89. The molecule has 118 valence electrons. The van der Waals surface area contributed by atoms with Gasteiger partial charge < -0.3 is 0 Å². The predicted molar refractivity (Wildman–Crippen MR) is 92.7 cm³/mol. The van der Waals surface area contributed by atoms with Gasteiger partial charge in [-0.1, -0.05) is 82.8 Å². The van der Waals surface area contributed by atoms with Gasteiger partial charge in [0.05, 0.1) is 5.38 Å². The van der Waals surface area contributed by atoms with Crippen molar-refractivity contribution >= 4 is 11.6 Å². The number of rotatable bonds is 11. The number of alkyl halides is 1. The summed E-state index contributed by atoms with van der Waals surface area (Å²) in [5, 5.41) is 0.315. The summed E-state index contributed by atoms with van der Waals surface area (Å²) in [7, 11) is 0. The highest BCUT2D eigenvalue weighted by molar-refractivity contribution is 6.21. The Morgan fingerprint density at radius 3 is 2.15 bits per heavy atom. The predicted octanol–water partition coefficient (Wildman–Crippen LogP) is 7.41. The molecule has 1 aliphatic rings. The van der Waals surface area contributed by atoms with Crippen molar-refractivity contribution in [3.63, 3.8) is 0 Å². The molecule has 1 rings (SSSR count). The fraction of sp³-hybridized carbons (Fsp3) is 0.895. The van der Waals surface area contributed by atoms with E-state index >= 15 is 0 Å². The first-order valence-corrected chi connectivity index (χ1v) is 9.60. The van der Waals surface area contributed by atoms with Crippen LogP contribution in [0, 0.1) is 0 Å². The zero-order valence-electron chi connectivity index (χ0n) is 13.6. The number of allylic oxidation sites excluding steroid dienone is 2. The molecule has 1 heteroatoms. The number of hydrogen-bond acceptors (Lipinski definition) is 0. The molecule has 0 saturated carbocycles. The smallest absolute Gasteiger partial charge is 0.0518 e. The van der Waals surface area contributed by atoms with E-state index in [1.54, 1.807) is 5.57 Å². The highest BCUT2D eigenvalue weighted by atomic mass is 35.5. The lowest BCUT2D eigenvalue weighted by Gasteiger charge is -2.06. The summed E-state index contributed by atoms with van der Waals surface area (Å²) in [6.07, 6.45) is 23.1. The number of halogens is 1. The zero-order valence-corrected chi connectivity index (χ0v) is 14.4. The zero-order chi connectivity index (χ0) is 14.5. The summed E-state index contributed by atoms with van der Waals surface area (Å²) in [4.78, 5) is 0. The lowest BCUT2D eigenvalue weighted by atomic mass is 10.0. The molecule has 1 atom stereocenters. The van der Waals surface area contributed by atoms with Crippen molar-refractivity contribution in [2.75, 3.05) is 0 Å². The molecular weight excluding hydrogens is 264 g/mol. The van der Waals surface area contributed by atoms with Crippen LogP contribution < -0.4 is 0 Å². The fourth-order valence-electron chi connectivity index (χ4n) is 3.16. The first-order valence-electron chi connectivity index (χ1n) is 9.16. The third-order valence-electron chi connectivity index (χ3n) is 4.50. The largest absolute Gasteiger partial charge is 0.118 e. The Bertz CT molecular complexity index is 244. The maximum atomic E-state index is 6.27. The van der Waals surface area contributed by atoms with Crippen molar-refractivity contribution in [1.29, 1.82) is 0 Å². The van der Waals surface area contributed by atoms with Gasteiger partial charge in [0.1, 0.15) is 0 Å². The summed E-state index contributed by atoms with van der Waals surface area (Å²) in [6, 6.07) is 0. The van der Waals surface area contributed by atoms with E-state index in [1.165, 1.54) is 96.3 Å². The molecule has 0 heterocycles. The van der Waals surface area contributed by atoms with Gasteiger partial charge in [0.15, 0.2) is 0 Å². The van der Waals surface area contributed by atoms with Crippen LogP contribution in [0.3, 0.4) is 0 Å². The highest BCUT2D eigenvalue weighted by Crippen LogP contribution is 2.24. The average molecular weight is 299 g/mol. The lowest BCUT2D eigenvalue weighted by Crippen LogP contribution is -1.91. The van der Waals surface area contributed by atoms with E-state index in [0.717, 1.165) is 0 Å². The third-order valence-corrected chi connectivity index (χ3v) is 4.84. The van der Waals surface area contributed by atoms with E-state index in [1.807, 2.05) is 0 Å². The van der Waals surface area contributed by atoms with Gasteiger partial charge in [-0.3, -0.25) is 0 Å². The molecule has 1 aliphatic carbocycles. The number of hydrogen-bond donors (Lipinski definition) is 0. The second kappa shape index (κ2) is 12.7. The van der Waals surface area contributed by atoms with Gasteiger partial charge in [-0.25, -0.2) is 0 Å². The van der Waals surface area contributed by atoms with Crippen LogP contribution in [0.5, 0.6) is 0 Å². The van der Waals surface area contributed by atoms with Gasteiger partial charge in [-0.2, -0.15) is 0 Å². The summed E-state index contributed by atoms with van der Waals surface area (Å²) in [5.74, 6) is 0. The minimum atomic E-state index is 0.315. The van der Waals surface area contributed by atoms with Crippen LogP contribution in [0.1, 0.15) is 103 Å². The molecule has 1 unspecified atom stereocenters. The Kier molecular flexibility index (Phi) is 11.5. The van der Waals surface area contributed by atoms with Crippen LogP contribution >= 0.6 is 11.6 Å². The SMILES string of the molecule is CCCCCCCCCCCCC1=CC(Cl)CCCC1. The maximum absolute atomic E-state index is 6.27. The summed E-state index contributed by atoms with van der Waals surface area (Å²) in [5.41, 5.74) is 1.64. The molecule has 0 spiro atoms. The van der Waals surface area contributed by atoms with Crippen molar-refractivity contribution in [3.8, 4) is 0 Å². The standard InChI is InChI=1S/C19H35Cl/c1-2-3-4-5-6-7-8-9-10-11-14-18-15-12-13-16-19(20)17-18/h17,19H,2-16H2,1H3. The normalized spacial score (nSPS) is 19.7. The van der Waals surface area contributed by atoms with E-state index in [0.29, 0.717) is 5.38 Å². The minimum Gasteiger partial charge on any atom is -0.118 e. The van der Waals surface area contributed by atoms with Crippen LogP contribution in [0.2, 0.25) is 0 Å². The van der Waals surface area contributed by atoms with Crippen LogP contribution in [0.4, 0.5) is 0 Å². The molecule has 0 aromatic carbocycles. The second-order valence-corrected chi connectivity index (χ2v) is 7.08. The monoisotopic (exact) mass is 298 g/mol. The summed E-state index contributed by atoms with van der Waals surface area (Å²) in [6.45, 7) is 2.29. The lowest BCUT2D eigenvalue weighted by molar-refractivity contribution is 0.554. The third kappa shape index (κ3) is 9.86. The molecule has 0 aliphatic heterocycles. The molecule has 0 saturated heterocycles. The Morgan fingerprint density at radius 2 is 1.50 bits per heavy atom. The van der Waals surface area contributed by atoms with E-state index in [-0.39, 0.29) is 0 Å². The van der Waals surface area contributed by atoms with Gasteiger partial charge >= 0.3 is 0 Å². The van der Waals surface area contributed by atoms with Gasteiger partial charge in [0, 0.05) is 0 Å². The van der Waals surface area contributed by atoms with Gasteiger partial charge in [-0.05, 0) is 32.1 Å².